The lowest BCUT2D eigenvalue weighted by Crippen LogP contribution is -2.48. The van der Waals surface area contributed by atoms with E-state index in [0.717, 1.165) is 37.8 Å². The Labute approximate surface area is 119 Å². The number of carbonyl (C=O) groups excluding carboxylic acids is 1. The van der Waals surface area contributed by atoms with Gasteiger partial charge in [0.2, 0.25) is 5.91 Å². The Bertz CT molecular complexity index is 489. The van der Waals surface area contributed by atoms with E-state index in [-0.39, 0.29) is 24.0 Å². The Morgan fingerprint density at radius 2 is 2.05 bits per heavy atom. The first kappa shape index (κ1) is 13.6. The van der Waals surface area contributed by atoms with Crippen LogP contribution in [0.2, 0.25) is 0 Å². The van der Waals surface area contributed by atoms with Gasteiger partial charge in [-0.2, -0.15) is 0 Å². The molecule has 0 aromatic heterocycles. The summed E-state index contributed by atoms with van der Waals surface area (Å²) in [6.07, 6.45) is 3.43. The molecule has 4 nitrogen and oxygen atoms in total. The van der Waals surface area contributed by atoms with E-state index in [2.05, 4.69) is 16.7 Å². The van der Waals surface area contributed by atoms with E-state index in [1.165, 1.54) is 5.56 Å². The fourth-order valence-corrected chi connectivity index (χ4v) is 3.29. The minimum atomic E-state index is -0.389. The molecule has 0 spiro atoms. The summed E-state index contributed by atoms with van der Waals surface area (Å²) < 4.78 is 0. The maximum atomic E-state index is 12.5. The predicted molar refractivity (Wildman–Crippen MR) is 77.3 cm³/mol. The van der Waals surface area contributed by atoms with Gasteiger partial charge in [0, 0.05) is 13.1 Å². The lowest BCUT2D eigenvalue weighted by molar-refractivity contribution is -0.124. The summed E-state index contributed by atoms with van der Waals surface area (Å²) in [5, 5.41) is 16.3. The van der Waals surface area contributed by atoms with Gasteiger partial charge in [-0.15, -0.1) is 0 Å². The maximum absolute atomic E-state index is 12.5. The van der Waals surface area contributed by atoms with Crippen molar-refractivity contribution in [2.24, 2.45) is 0 Å². The number of aliphatic hydroxyl groups is 1. The third-order valence-corrected chi connectivity index (χ3v) is 4.47. The van der Waals surface area contributed by atoms with Gasteiger partial charge in [-0.05, 0) is 24.0 Å². The first-order chi connectivity index (χ1) is 9.75. The van der Waals surface area contributed by atoms with Crippen LogP contribution < -0.4 is 10.6 Å². The van der Waals surface area contributed by atoms with Crippen molar-refractivity contribution in [2.45, 2.75) is 50.3 Å². The number of rotatable bonds is 2. The zero-order valence-electron chi connectivity index (χ0n) is 11.6. The molecule has 4 heteroatoms. The Kier molecular flexibility index (Phi) is 4.03. The van der Waals surface area contributed by atoms with E-state index < -0.39 is 0 Å². The molecule has 108 valence electrons. The van der Waals surface area contributed by atoms with Gasteiger partial charge in [0.15, 0.2) is 0 Å². The summed E-state index contributed by atoms with van der Waals surface area (Å²) in [6.45, 7) is 1.50. The highest BCUT2D eigenvalue weighted by molar-refractivity contribution is 5.85. The molecule has 3 N–H and O–H groups in total. The zero-order chi connectivity index (χ0) is 13.9. The summed E-state index contributed by atoms with van der Waals surface area (Å²) in [6, 6.07) is 8.02. The van der Waals surface area contributed by atoms with E-state index in [4.69, 9.17) is 0 Å². The Hall–Kier alpha value is -1.39. The maximum Gasteiger partial charge on any atom is 0.229 e. The Morgan fingerprint density at radius 3 is 2.90 bits per heavy atom. The van der Waals surface area contributed by atoms with Crippen molar-refractivity contribution in [1.29, 1.82) is 0 Å². The second-order valence-corrected chi connectivity index (χ2v) is 5.85. The quantitative estimate of drug-likeness (QED) is 0.761. The molecule has 1 aliphatic carbocycles. The van der Waals surface area contributed by atoms with Crippen molar-refractivity contribution in [2.75, 3.05) is 6.54 Å². The molecule has 3 atom stereocenters. The fourth-order valence-electron chi connectivity index (χ4n) is 3.29. The average Bonchev–Trinajstić information content (AvgIpc) is 2.49. The van der Waals surface area contributed by atoms with E-state index in [9.17, 15) is 9.90 Å². The van der Waals surface area contributed by atoms with Gasteiger partial charge in [0.25, 0.3) is 0 Å². The largest absolute Gasteiger partial charge is 0.391 e. The zero-order valence-corrected chi connectivity index (χ0v) is 11.6. The van der Waals surface area contributed by atoms with Crippen LogP contribution in [0.1, 0.15) is 42.7 Å². The number of hydrogen-bond donors (Lipinski definition) is 3. The average molecular weight is 274 g/mol. The molecule has 1 unspecified atom stereocenters. The van der Waals surface area contributed by atoms with Gasteiger partial charge in [-0.3, -0.25) is 4.79 Å². The third kappa shape index (κ3) is 2.72. The number of carbonyl (C=O) groups is 1. The van der Waals surface area contributed by atoms with Crippen LogP contribution in [0, 0.1) is 0 Å². The van der Waals surface area contributed by atoms with E-state index in [1.54, 1.807) is 0 Å². The van der Waals surface area contributed by atoms with Crippen LogP contribution in [0.15, 0.2) is 24.3 Å². The van der Waals surface area contributed by atoms with Gasteiger partial charge >= 0.3 is 0 Å². The van der Waals surface area contributed by atoms with Crippen LogP contribution in [0.4, 0.5) is 0 Å². The summed E-state index contributed by atoms with van der Waals surface area (Å²) in [5.41, 5.74) is 2.32. The van der Waals surface area contributed by atoms with Gasteiger partial charge < -0.3 is 15.7 Å². The molecule has 0 saturated heterocycles. The number of benzene rings is 1. The summed E-state index contributed by atoms with van der Waals surface area (Å²) in [7, 11) is 0. The van der Waals surface area contributed by atoms with Gasteiger partial charge in [-0.25, -0.2) is 0 Å². The molecule has 0 bridgehead atoms. The molecule has 1 heterocycles. The van der Waals surface area contributed by atoms with Crippen molar-refractivity contribution < 1.29 is 9.90 Å². The molecule has 0 radical (unpaired) electrons. The predicted octanol–water partition coefficient (Wildman–Crippen LogP) is 1.29. The molecule has 3 rings (SSSR count). The van der Waals surface area contributed by atoms with Crippen molar-refractivity contribution in [1.82, 2.24) is 10.6 Å². The molecule has 1 aliphatic heterocycles. The summed E-state index contributed by atoms with van der Waals surface area (Å²) in [4.78, 5) is 12.5. The molecule has 2 aliphatic rings. The van der Waals surface area contributed by atoms with Crippen LogP contribution >= 0.6 is 0 Å². The minimum absolute atomic E-state index is 0.0376. The second kappa shape index (κ2) is 5.94. The Balaban J connectivity index is 1.72. The highest BCUT2D eigenvalue weighted by atomic mass is 16.3. The number of nitrogens with one attached hydrogen (secondary N) is 2. The van der Waals surface area contributed by atoms with Crippen molar-refractivity contribution in [3.63, 3.8) is 0 Å². The first-order valence-electron chi connectivity index (χ1n) is 7.52. The topological polar surface area (TPSA) is 61.4 Å². The molecule has 1 fully saturated rings. The highest BCUT2D eigenvalue weighted by Gasteiger charge is 2.30. The standard InChI is InChI=1S/C16H22N2O2/c19-15-8-4-3-7-14(15)18-16(20)13-10-17-9-11-5-1-2-6-12(11)13/h1-2,5-6,13-15,17,19H,3-4,7-10H2,(H,18,20)/t13?,14-,15-/m1/s1. The number of hydrogen-bond acceptors (Lipinski definition) is 3. The van der Waals surface area contributed by atoms with Crippen molar-refractivity contribution in [3.05, 3.63) is 35.4 Å². The molecule has 1 aromatic rings. The van der Waals surface area contributed by atoms with E-state index in [0.29, 0.717) is 6.54 Å². The summed E-state index contributed by atoms with van der Waals surface area (Å²) in [5.74, 6) is -0.107. The fraction of sp³-hybridized carbons (Fsp3) is 0.562. The highest BCUT2D eigenvalue weighted by Crippen LogP contribution is 2.25. The molecule has 20 heavy (non-hydrogen) atoms. The minimum Gasteiger partial charge on any atom is -0.391 e. The third-order valence-electron chi connectivity index (χ3n) is 4.47. The van der Waals surface area contributed by atoms with Gasteiger partial charge in [-0.1, -0.05) is 37.1 Å². The number of aliphatic hydroxyl groups excluding tert-OH is 1. The van der Waals surface area contributed by atoms with Gasteiger partial charge in [0.05, 0.1) is 18.1 Å². The van der Waals surface area contributed by atoms with Crippen LogP contribution in [-0.4, -0.2) is 29.7 Å². The molecular weight excluding hydrogens is 252 g/mol. The van der Waals surface area contributed by atoms with E-state index >= 15 is 0 Å². The van der Waals surface area contributed by atoms with Crippen LogP contribution in [-0.2, 0) is 11.3 Å². The monoisotopic (exact) mass is 274 g/mol. The number of amides is 1. The van der Waals surface area contributed by atoms with Crippen LogP contribution in [0.3, 0.4) is 0 Å². The molecule has 1 aromatic carbocycles. The molecular formula is C16H22N2O2. The van der Waals surface area contributed by atoms with Crippen molar-refractivity contribution >= 4 is 5.91 Å². The normalized spacial score (nSPS) is 29.6. The second-order valence-electron chi connectivity index (χ2n) is 5.85. The van der Waals surface area contributed by atoms with E-state index in [1.807, 2.05) is 18.2 Å². The number of fused-ring (bicyclic) bond motifs is 1. The molecule has 1 saturated carbocycles. The SMILES string of the molecule is O=C(N[C@@H]1CCCC[C@H]1O)C1CNCc2ccccc21. The van der Waals surface area contributed by atoms with Crippen LogP contribution in [0.5, 0.6) is 0 Å². The lowest BCUT2D eigenvalue weighted by Gasteiger charge is -2.31. The summed E-state index contributed by atoms with van der Waals surface area (Å²) >= 11 is 0. The lowest BCUT2D eigenvalue weighted by atomic mass is 9.88. The van der Waals surface area contributed by atoms with Gasteiger partial charge in [0.1, 0.15) is 0 Å². The smallest absolute Gasteiger partial charge is 0.229 e. The van der Waals surface area contributed by atoms with Crippen molar-refractivity contribution in [3.8, 4) is 0 Å². The van der Waals surface area contributed by atoms with Crippen LogP contribution in [0.25, 0.3) is 0 Å². The Morgan fingerprint density at radius 1 is 1.25 bits per heavy atom. The first-order valence-corrected chi connectivity index (χ1v) is 7.52. The molecule has 1 amide bonds.